The average molecular weight is 383 g/mol. The number of carbonyl (C=O) groups is 2. The van der Waals surface area contributed by atoms with E-state index >= 15 is 0 Å². The SMILES string of the molecule is Cc1ccc(C(=O)NCCc2cccc(Cl)c2)cc1NC(=O)c1ccco1. The summed E-state index contributed by atoms with van der Waals surface area (Å²) in [6, 6.07) is 15.9. The highest BCUT2D eigenvalue weighted by molar-refractivity contribution is 6.30. The number of hydrogen-bond acceptors (Lipinski definition) is 3. The van der Waals surface area contributed by atoms with Gasteiger partial charge in [-0.25, -0.2) is 0 Å². The minimum absolute atomic E-state index is 0.203. The zero-order valence-corrected chi connectivity index (χ0v) is 15.5. The molecule has 138 valence electrons. The average Bonchev–Trinajstić information content (AvgIpc) is 3.18. The molecule has 2 aromatic carbocycles. The predicted octanol–water partition coefficient (Wildman–Crippen LogP) is 4.47. The summed E-state index contributed by atoms with van der Waals surface area (Å²) in [5.74, 6) is -0.349. The molecule has 0 aliphatic heterocycles. The normalized spacial score (nSPS) is 10.4. The third-order valence-electron chi connectivity index (χ3n) is 4.08. The molecular weight excluding hydrogens is 364 g/mol. The van der Waals surface area contributed by atoms with Gasteiger partial charge in [-0.05, 0) is 60.9 Å². The van der Waals surface area contributed by atoms with E-state index in [0.717, 1.165) is 11.1 Å². The fourth-order valence-electron chi connectivity index (χ4n) is 2.60. The van der Waals surface area contributed by atoms with Gasteiger partial charge in [0.05, 0.1) is 6.26 Å². The van der Waals surface area contributed by atoms with E-state index in [1.807, 2.05) is 31.2 Å². The second-order valence-corrected chi connectivity index (χ2v) is 6.53. The number of benzene rings is 2. The van der Waals surface area contributed by atoms with Gasteiger partial charge < -0.3 is 15.1 Å². The quantitative estimate of drug-likeness (QED) is 0.660. The molecule has 0 saturated heterocycles. The van der Waals surface area contributed by atoms with Crippen molar-refractivity contribution < 1.29 is 14.0 Å². The summed E-state index contributed by atoms with van der Waals surface area (Å²) >= 11 is 5.96. The van der Waals surface area contributed by atoms with Crippen molar-refractivity contribution in [3.8, 4) is 0 Å². The van der Waals surface area contributed by atoms with Crippen molar-refractivity contribution in [1.29, 1.82) is 0 Å². The van der Waals surface area contributed by atoms with E-state index in [4.69, 9.17) is 16.0 Å². The van der Waals surface area contributed by atoms with Crippen molar-refractivity contribution in [1.82, 2.24) is 5.32 Å². The molecule has 27 heavy (non-hydrogen) atoms. The molecule has 6 heteroatoms. The lowest BCUT2D eigenvalue weighted by Gasteiger charge is -2.10. The van der Waals surface area contributed by atoms with Crippen molar-refractivity contribution >= 4 is 29.1 Å². The van der Waals surface area contributed by atoms with E-state index in [0.29, 0.717) is 29.2 Å². The van der Waals surface area contributed by atoms with E-state index < -0.39 is 0 Å². The van der Waals surface area contributed by atoms with Crippen LogP contribution in [0.15, 0.2) is 65.3 Å². The van der Waals surface area contributed by atoms with Gasteiger partial charge in [-0.1, -0.05) is 29.8 Å². The summed E-state index contributed by atoms with van der Waals surface area (Å²) in [6.07, 6.45) is 2.12. The number of carbonyl (C=O) groups excluding carboxylic acids is 2. The number of furan rings is 1. The molecule has 0 bridgehead atoms. The lowest BCUT2D eigenvalue weighted by Crippen LogP contribution is -2.26. The van der Waals surface area contributed by atoms with Gasteiger partial charge >= 0.3 is 0 Å². The number of hydrogen-bond donors (Lipinski definition) is 2. The van der Waals surface area contributed by atoms with Crippen LogP contribution in [0, 0.1) is 6.92 Å². The van der Waals surface area contributed by atoms with E-state index in [2.05, 4.69) is 10.6 Å². The van der Waals surface area contributed by atoms with E-state index in [1.165, 1.54) is 6.26 Å². The van der Waals surface area contributed by atoms with Crippen molar-refractivity contribution in [2.45, 2.75) is 13.3 Å². The molecule has 1 aromatic heterocycles. The Balaban J connectivity index is 1.62. The van der Waals surface area contributed by atoms with Crippen LogP contribution in [0.5, 0.6) is 0 Å². The standard InChI is InChI=1S/C21H19ClN2O3/c1-14-7-8-16(13-18(14)24-21(26)19-6-3-11-27-19)20(25)23-10-9-15-4-2-5-17(22)12-15/h2-8,11-13H,9-10H2,1H3,(H,23,25)(H,24,26). The van der Waals surface area contributed by atoms with Crippen LogP contribution in [0.4, 0.5) is 5.69 Å². The molecule has 0 saturated carbocycles. The fraction of sp³-hybridized carbons (Fsp3) is 0.143. The van der Waals surface area contributed by atoms with Crippen molar-refractivity contribution in [3.05, 3.63) is 88.3 Å². The van der Waals surface area contributed by atoms with E-state index in [-0.39, 0.29) is 17.6 Å². The first-order chi connectivity index (χ1) is 13.0. The lowest BCUT2D eigenvalue weighted by atomic mass is 10.1. The minimum atomic E-state index is -0.360. The fourth-order valence-corrected chi connectivity index (χ4v) is 2.82. The number of rotatable bonds is 6. The van der Waals surface area contributed by atoms with Crippen LogP contribution in [-0.2, 0) is 6.42 Å². The van der Waals surface area contributed by atoms with Gasteiger partial charge in [-0.3, -0.25) is 9.59 Å². The molecule has 0 unspecified atom stereocenters. The van der Waals surface area contributed by atoms with Crippen LogP contribution in [0.2, 0.25) is 5.02 Å². The highest BCUT2D eigenvalue weighted by Gasteiger charge is 2.13. The topological polar surface area (TPSA) is 71.3 Å². The summed E-state index contributed by atoms with van der Waals surface area (Å²) < 4.78 is 5.09. The second kappa shape index (κ2) is 8.56. The Hall–Kier alpha value is -3.05. The number of nitrogens with one attached hydrogen (secondary N) is 2. The maximum atomic E-state index is 12.4. The van der Waals surface area contributed by atoms with Gasteiger partial charge in [0.15, 0.2) is 5.76 Å². The summed E-state index contributed by atoms with van der Waals surface area (Å²) in [5.41, 5.74) is 2.95. The van der Waals surface area contributed by atoms with E-state index in [1.54, 1.807) is 30.3 Å². The van der Waals surface area contributed by atoms with Gasteiger partial charge in [-0.2, -0.15) is 0 Å². The molecule has 1 heterocycles. The molecule has 2 amide bonds. The summed E-state index contributed by atoms with van der Waals surface area (Å²) in [4.78, 5) is 24.6. The van der Waals surface area contributed by atoms with Crippen LogP contribution in [0.3, 0.4) is 0 Å². The Morgan fingerprint density at radius 3 is 2.63 bits per heavy atom. The molecule has 0 radical (unpaired) electrons. The Morgan fingerprint density at radius 1 is 1.04 bits per heavy atom. The Labute approximate surface area is 162 Å². The number of aryl methyl sites for hydroxylation is 1. The monoisotopic (exact) mass is 382 g/mol. The van der Waals surface area contributed by atoms with Crippen LogP contribution in [-0.4, -0.2) is 18.4 Å². The highest BCUT2D eigenvalue weighted by atomic mass is 35.5. The Morgan fingerprint density at radius 2 is 1.89 bits per heavy atom. The van der Waals surface area contributed by atoms with E-state index in [9.17, 15) is 9.59 Å². The molecule has 0 aliphatic carbocycles. The molecule has 3 aromatic rings. The third-order valence-corrected chi connectivity index (χ3v) is 4.32. The van der Waals surface area contributed by atoms with Crippen molar-refractivity contribution in [2.75, 3.05) is 11.9 Å². The van der Waals surface area contributed by atoms with Crippen LogP contribution >= 0.6 is 11.6 Å². The van der Waals surface area contributed by atoms with Gasteiger partial charge in [0.2, 0.25) is 0 Å². The first-order valence-electron chi connectivity index (χ1n) is 8.51. The van der Waals surface area contributed by atoms with Crippen molar-refractivity contribution in [2.24, 2.45) is 0 Å². The van der Waals surface area contributed by atoms with Crippen molar-refractivity contribution in [3.63, 3.8) is 0 Å². The lowest BCUT2D eigenvalue weighted by molar-refractivity contribution is 0.0952. The zero-order chi connectivity index (χ0) is 19.2. The zero-order valence-electron chi connectivity index (χ0n) is 14.8. The molecule has 0 fully saturated rings. The summed E-state index contributed by atoms with van der Waals surface area (Å²) in [6.45, 7) is 2.35. The molecular formula is C21H19ClN2O3. The molecule has 3 rings (SSSR count). The largest absolute Gasteiger partial charge is 0.459 e. The molecule has 0 spiro atoms. The number of anilines is 1. The molecule has 5 nitrogen and oxygen atoms in total. The van der Waals surface area contributed by atoms with Gasteiger partial charge in [0.1, 0.15) is 0 Å². The van der Waals surface area contributed by atoms with Crippen LogP contribution < -0.4 is 10.6 Å². The maximum absolute atomic E-state index is 12.4. The maximum Gasteiger partial charge on any atom is 0.291 e. The van der Waals surface area contributed by atoms with Gasteiger partial charge in [-0.15, -0.1) is 0 Å². The highest BCUT2D eigenvalue weighted by Crippen LogP contribution is 2.18. The Kier molecular flexibility index (Phi) is 5.94. The second-order valence-electron chi connectivity index (χ2n) is 6.10. The number of halogens is 1. The predicted molar refractivity (Wildman–Crippen MR) is 105 cm³/mol. The smallest absolute Gasteiger partial charge is 0.291 e. The Bertz CT molecular complexity index is 952. The first kappa shape index (κ1) is 18.7. The van der Waals surface area contributed by atoms with Gasteiger partial charge in [0.25, 0.3) is 11.8 Å². The molecule has 2 N–H and O–H groups in total. The summed E-state index contributed by atoms with van der Waals surface area (Å²) in [7, 11) is 0. The molecule has 0 aliphatic rings. The summed E-state index contributed by atoms with van der Waals surface area (Å²) in [5, 5.41) is 6.33. The van der Waals surface area contributed by atoms with Crippen LogP contribution in [0.25, 0.3) is 0 Å². The number of amides is 2. The third kappa shape index (κ3) is 4.99. The molecule has 0 atom stereocenters. The van der Waals surface area contributed by atoms with Crippen LogP contribution in [0.1, 0.15) is 32.0 Å². The minimum Gasteiger partial charge on any atom is -0.459 e. The first-order valence-corrected chi connectivity index (χ1v) is 8.89. The van der Waals surface area contributed by atoms with Gasteiger partial charge in [0, 0.05) is 22.8 Å².